The number of aromatic nitrogens is 2. The Morgan fingerprint density at radius 2 is 1.53 bits per heavy atom. The van der Waals surface area contributed by atoms with Crippen LogP contribution >= 0.6 is 0 Å². The number of rotatable bonds is 7. The summed E-state index contributed by atoms with van der Waals surface area (Å²) in [4.78, 5) is 37.8. The fourth-order valence-electron chi connectivity index (χ4n) is 3.65. The number of aryl methyl sites for hydroxylation is 1. The number of aromatic amines is 1. The van der Waals surface area contributed by atoms with Crippen molar-refractivity contribution in [1.82, 2.24) is 15.1 Å². The predicted molar refractivity (Wildman–Crippen MR) is 123 cm³/mol. The molecule has 3 aromatic carbocycles. The Labute approximate surface area is 184 Å². The van der Waals surface area contributed by atoms with Crippen molar-refractivity contribution < 1.29 is 9.53 Å². The van der Waals surface area contributed by atoms with Crippen molar-refractivity contribution in [2.45, 2.75) is 19.0 Å². The van der Waals surface area contributed by atoms with Crippen LogP contribution in [0.25, 0.3) is 10.8 Å². The molecule has 1 atom stereocenters. The molecule has 1 heterocycles. The van der Waals surface area contributed by atoms with Crippen LogP contribution in [-0.2, 0) is 11.3 Å². The van der Waals surface area contributed by atoms with Gasteiger partial charge in [0.15, 0.2) is 0 Å². The van der Waals surface area contributed by atoms with Gasteiger partial charge < -0.3 is 10.1 Å². The Balaban J connectivity index is 1.54. The molecule has 7 nitrogen and oxygen atoms in total. The minimum atomic E-state index is -0.360. The number of amides is 1. The summed E-state index contributed by atoms with van der Waals surface area (Å²) in [6.07, 6.45) is 0.0354. The number of benzene rings is 3. The highest BCUT2D eigenvalue weighted by Gasteiger charge is 2.17. The molecule has 0 saturated heterocycles. The normalized spacial score (nSPS) is 11.8. The lowest BCUT2D eigenvalue weighted by Crippen LogP contribution is -2.34. The Morgan fingerprint density at radius 1 is 0.906 bits per heavy atom. The molecule has 1 aromatic heterocycles. The molecule has 1 unspecified atom stereocenters. The fourth-order valence-corrected chi connectivity index (χ4v) is 3.65. The molecule has 4 rings (SSSR count). The van der Waals surface area contributed by atoms with Crippen molar-refractivity contribution in [3.8, 4) is 5.75 Å². The van der Waals surface area contributed by atoms with Crippen LogP contribution in [0.4, 0.5) is 0 Å². The Bertz CT molecular complexity index is 1340. The highest BCUT2D eigenvalue weighted by molar-refractivity contribution is 5.80. The van der Waals surface area contributed by atoms with E-state index in [1.165, 1.54) is 4.68 Å². The molecule has 4 aromatic rings. The van der Waals surface area contributed by atoms with Crippen LogP contribution in [0.2, 0.25) is 0 Å². The lowest BCUT2D eigenvalue weighted by atomic mass is 9.98. The van der Waals surface area contributed by atoms with Gasteiger partial charge in [0.05, 0.1) is 30.5 Å². The third kappa shape index (κ3) is 4.46. The van der Waals surface area contributed by atoms with Gasteiger partial charge in [0.25, 0.3) is 11.1 Å². The molecular formula is C25H23N3O4. The molecule has 7 heteroatoms. The number of methoxy groups -OCH3 is 1. The summed E-state index contributed by atoms with van der Waals surface area (Å²) in [5.74, 6) is 0.488. The number of ether oxygens (including phenoxy) is 1. The van der Waals surface area contributed by atoms with E-state index in [9.17, 15) is 14.4 Å². The SMILES string of the molecule is COc1ccc(C(NC(=O)CCn2[nH]c(=O)c3ccccc3c2=O)c2ccccc2)cc1. The molecule has 162 valence electrons. The summed E-state index contributed by atoms with van der Waals surface area (Å²) >= 11 is 0. The quantitative estimate of drug-likeness (QED) is 0.472. The summed E-state index contributed by atoms with van der Waals surface area (Å²) in [5, 5.41) is 6.27. The van der Waals surface area contributed by atoms with Gasteiger partial charge in [-0.3, -0.25) is 19.5 Å². The molecule has 0 fully saturated rings. The first-order chi connectivity index (χ1) is 15.6. The average Bonchev–Trinajstić information content (AvgIpc) is 2.84. The van der Waals surface area contributed by atoms with Gasteiger partial charge in [-0.05, 0) is 35.4 Å². The van der Waals surface area contributed by atoms with E-state index in [0.717, 1.165) is 16.9 Å². The van der Waals surface area contributed by atoms with E-state index in [1.54, 1.807) is 31.4 Å². The largest absolute Gasteiger partial charge is 0.497 e. The van der Waals surface area contributed by atoms with Crippen molar-refractivity contribution in [2.75, 3.05) is 7.11 Å². The second kappa shape index (κ2) is 9.34. The van der Waals surface area contributed by atoms with Crippen LogP contribution in [0.1, 0.15) is 23.6 Å². The molecule has 0 radical (unpaired) electrons. The Kier molecular flexibility index (Phi) is 6.17. The zero-order chi connectivity index (χ0) is 22.5. The van der Waals surface area contributed by atoms with E-state index in [0.29, 0.717) is 10.8 Å². The number of nitrogens with one attached hydrogen (secondary N) is 2. The van der Waals surface area contributed by atoms with Gasteiger partial charge in [-0.1, -0.05) is 54.6 Å². The van der Waals surface area contributed by atoms with Crippen LogP contribution in [-0.4, -0.2) is 22.8 Å². The summed E-state index contributed by atoms with van der Waals surface area (Å²) < 4.78 is 6.42. The van der Waals surface area contributed by atoms with Gasteiger partial charge in [-0.15, -0.1) is 0 Å². The molecule has 32 heavy (non-hydrogen) atoms. The van der Waals surface area contributed by atoms with Crippen LogP contribution < -0.4 is 21.2 Å². The van der Waals surface area contributed by atoms with Crippen molar-refractivity contribution in [2.24, 2.45) is 0 Å². The molecule has 0 aliphatic carbocycles. The standard InChI is InChI=1S/C25H23N3O4/c1-32-19-13-11-18(12-14-19)23(17-7-3-2-4-8-17)26-22(29)15-16-28-25(31)21-10-6-5-9-20(21)24(30)27-28/h2-14,23H,15-16H2,1H3,(H,26,29)(H,27,30). The maximum atomic E-state index is 12.8. The van der Waals surface area contributed by atoms with Crippen LogP contribution in [0.5, 0.6) is 5.75 Å². The van der Waals surface area contributed by atoms with E-state index < -0.39 is 0 Å². The number of carbonyl (C=O) groups is 1. The molecule has 1 amide bonds. The number of hydrogen-bond acceptors (Lipinski definition) is 4. The average molecular weight is 429 g/mol. The van der Waals surface area contributed by atoms with Gasteiger partial charge in [0.1, 0.15) is 5.75 Å². The zero-order valence-electron chi connectivity index (χ0n) is 17.6. The second-order valence-electron chi connectivity index (χ2n) is 7.38. The molecule has 0 aliphatic rings. The first-order valence-electron chi connectivity index (χ1n) is 10.3. The van der Waals surface area contributed by atoms with Crippen LogP contribution in [0, 0.1) is 0 Å². The molecule has 2 N–H and O–H groups in total. The van der Waals surface area contributed by atoms with Gasteiger partial charge in [0, 0.05) is 6.42 Å². The van der Waals surface area contributed by atoms with Gasteiger partial charge in [-0.25, -0.2) is 4.68 Å². The summed E-state index contributed by atoms with van der Waals surface area (Å²) in [6.45, 7) is 0.0643. The lowest BCUT2D eigenvalue weighted by Gasteiger charge is -2.20. The van der Waals surface area contributed by atoms with Crippen LogP contribution in [0.3, 0.4) is 0 Å². The molecule has 0 spiro atoms. The number of nitrogens with zero attached hydrogens (tertiary/aromatic N) is 1. The van der Waals surface area contributed by atoms with E-state index in [-0.39, 0.29) is 36.0 Å². The Hall–Kier alpha value is -4.13. The molecular weight excluding hydrogens is 406 g/mol. The van der Waals surface area contributed by atoms with E-state index in [2.05, 4.69) is 10.4 Å². The fraction of sp³-hybridized carbons (Fsp3) is 0.160. The van der Waals surface area contributed by atoms with Crippen molar-refractivity contribution >= 4 is 16.7 Å². The highest BCUT2D eigenvalue weighted by atomic mass is 16.5. The first kappa shape index (κ1) is 21.1. The monoisotopic (exact) mass is 429 g/mol. The smallest absolute Gasteiger partial charge is 0.273 e. The lowest BCUT2D eigenvalue weighted by molar-refractivity contribution is -0.121. The molecule has 0 bridgehead atoms. The minimum absolute atomic E-state index is 0.0354. The topological polar surface area (TPSA) is 93.2 Å². The van der Waals surface area contributed by atoms with E-state index in [1.807, 2.05) is 54.6 Å². The zero-order valence-corrected chi connectivity index (χ0v) is 17.6. The van der Waals surface area contributed by atoms with Crippen molar-refractivity contribution in [1.29, 1.82) is 0 Å². The van der Waals surface area contributed by atoms with E-state index in [4.69, 9.17) is 4.74 Å². The Morgan fingerprint density at radius 3 is 2.22 bits per heavy atom. The first-order valence-corrected chi connectivity index (χ1v) is 10.3. The number of carbonyl (C=O) groups excluding carboxylic acids is 1. The maximum absolute atomic E-state index is 12.8. The predicted octanol–water partition coefficient (Wildman–Crippen LogP) is 2.99. The highest BCUT2D eigenvalue weighted by Crippen LogP contribution is 2.24. The molecule has 0 saturated carbocycles. The maximum Gasteiger partial charge on any atom is 0.273 e. The van der Waals surface area contributed by atoms with Crippen molar-refractivity contribution in [3.05, 3.63) is 111 Å². The third-order valence-electron chi connectivity index (χ3n) is 5.33. The molecule has 0 aliphatic heterocycles. The van der Waals surface area contributed by atoms with E-state index >= 15 is 0 Å². The number of hydrogen-bond donors (Lipinski definition) is 2. The van der Waals surface area contributed by atoms with Crippen molar-refractivity contribution in [3.63, 3.8) is 0 Å². The van der Waals surface area contributed by atoms with Crippen LogP contribution in [0.15, 0.2) is 88.5 Å². The van der Waals surface area contributed by atoms with Gasteiger partial charge in [-0.2, -0.15) is 0 Å². The summed E-state index contributed by atoms with van der Waals surface area (Å²) in [6, 6.07) is 23.4. The summed E-state index contributed by atoms with van der Waals surface area (Å²) in [7, 11) is 1.60. The summed E-state index contributed by atoms with van der Waals surface area (Å²) in [5.41, 5.74) is 1.15. The number of fused-ring (bicyclic) bond motifs is 1. The van der Waals surface area contributed by atoms with Gasteiger partial charge >= 0.3 is 0 Å². The minimum Gasteiger partial charge on any atom is -0.497 e. The second-order valence-corrected chi connectivity index (χ2v) is 7.38. The van der Waals surface area contributed by atoms with Gasteiger partial charge in [0.2, 0.25) is 5.91 Å². The number of H-pyrrole nitrogens is 1. The third-order valence-corrected chi connectivity index (χ3v) is 5.33.